The Bertz CT molecular complexity index is 385. The van der Waals surface area contributed by atoms with Gasteiger partial charge in [0.25, 0.3) is 0 Å². The van der Waals surface area contributed by atoms with Crippen LogP contribution in [0.3, 0.4) is 0 Å². The van der Waals surface area contributed by atoms with Crippen LogP contribution in [0, 0.1) is 5.92 Å². The van der Waals surface area contributed by atoms with E-state index in [4.69, 9.17) is 0 Å². The molecule has 0 saturated heterocycles. The average molecular weight is 324 g/mol. The highest BCUT2D eigenvalue weighted by Crippen LogP contribution is 2.30. The molecule has 0 amide bonds. The molecule has 19 heavy (non-hydrogen) atoms. The van der Waals surface area contributed by atoms with Crippen molar-refractivity contribution >= 4 is 15.9 Å². The molecule has 1 N–H and O–H groups in total. The molecule has 0 aliphatic heterocycles. The summed E-state index contributed by atoms with van der Waals surface area (Å²) in [4.78, 5) is 0. The summed E-state index contributed by atoms with van der Waals surface area (Å²) >= 11 is 3.66. The fraction of sp³-hybridized carbons (Fsp3) is 0.647. The van der Waals surface area contributed by atoms with Crippen LogP contribution in [0.15, 0.2) is 28.7 Å². The molecule has 2 heteroatoms. The maximum absolute atomic E-state index is 3.86. The van der Waals surface area contributed by atoms with Crippen LogP contribution >= 0.6 is 15.9 Å². The maximum Gasteiger partial charge on any atom is 0.0305 e. The normalized spacial score (nSPS) is 20.2. The molecular weight excluding hydrogens is 298 g/mol. The molecule has 2 atom stereocenters. The van der Waals surface area contributed by atoms with Crippen molar-refractivity contribution < 1.29 is 0 Å². The molecule has 2 unspecified atom stereocenters. The summed E-state index contributed by atoms with van der Waals surface area (Å²) in [5.74, 6) is 0.878. The Kier molecular flexibility index (Phi) is 5.90. The van der Waals surface area contributed by atoms with E-state index in [9.17, 15) is 0 Å². The lowest BCUT2D eigenvalue weighted by Crippen LogP contribution is -2.38. The second-order valence-electron chi connectivity index (χ2n) is 5.82. The van der Waals surface area contributed by atoms with Crippen molar-refractivity contribution in [1.29, 1.82) is 0 Å². The van der Waals surface area contributed by atoms with Gasteiger partial charge in [0.2, 0.25) is 0 Å². The fourth-order valence-electron chi connectivity index (χ4n) is 3.36. The van der Waals surface area contributed by atoms with E-state index >= 15 is 0 Å². The summed E-state index contributed by atoms with van der Waals surface area (Å²) in [5, 5.41) is 3.86. The van der Waals surface area contributed by atoms with Gasteiger partial charge < -0.3 is 5.32 Å². The van der Waals surface area contributed by atoms with Gasteiger partial charge in [0.05, 0.1) is 0 Å². The lowest BCUT2D eigenvalue weighted by Gasteiger charge is -2.33. The van der Waals surface area contributed by atoms with E-state index in [0.717, 1.165) is 5.92 Å². The summed E-state index contributed by atoms with van der Waals surface area (Å²) in [6.07, 6.45) is 8.34. The van der Waals surface area contributed by atoms with E-state index in [2.05, 4.69) is 59.4 Å². The predicted molar refractivity (Wildman–Crippen MR) is 86.3 cm³/mol. The topological polar surface area (TPSA) is 12.0 Å². The molecule has 106 valence electrons. The summed E-state index contributed by atoms with van der Waals surface area (Å²) in [7, 11) is 0. The first kappa shape index (κ1) is 15.1. The Morgan fingerprint density at radius 2 is 1.89 bits per heavy atom. The molecule has 1 aromatic rings. The summed E-state index contributed by atoms with van der Waals surface area (Å²) < 4.78 is 1.22. The number of rotatable bonds is 5. The molecule has 2 rings (SSSR count). The van der Waals surface area contributed by atoms with Crippen molar-refractivity contribution in [1.82, 2.24) is 5.32 Å². The van der Waals surface area contributed by atoms with Crippen LogP contribution in [0.2, 0.25) is 0 Å². The standard InChI is InChI=1S/C17H26BrN/c1-3-17(14-9-5-4-6-10-14)19-13(2)15-11-7-8-12-16(15)18/h7-8,11-14,17,19H,3-6,9-10H2,1-2H3. The van der Waals surface area contributed by atoms with Gasteiger partial charge in [0, 0.05) is 16.6 Å². The maximum atomic E-state index is 3.86. The van der Waals surface area contributed by atoms with Gasteiger partial charge in [-0.1, -0.05) is 60.3 Å². The third-order valence-electron chi connectivity index (χ3n) is 4.49. The van der Waals surface area contributed by atoms with E-state index in [-0.39, 0.29) is 0 Å². The quantitative estimate of drug-likeness (QED) is 0.758. The predicted octanol–water partition coefficient (Wildman–Crippen LogP) is 5.46. The molecule has 0 radical (unpaired) electrons. The van der Waals surface area contributed by atoms with Gasteiger partial charge in [-0.05, 0) is 43.7 Å². The van der Waals surface area contributed by atoms with Crippen LogP contribution in [0.25, 0.3) is 0 Å². The minimum atomic E-state index is 0.419. The van der Waals surface area contributed by atoms with Crippen LogP contribution in [-0.4, -0.2) is 6.04 Å². The van der Waals surface area contributed by atoms with Crippen LogP contribution in [0.4, 0.5) is 0 Å². The SMILES string of the molecule is CCC(NC(C)c1ccccc1Br)C1CCCCC1. The second kappa shape index (κ2) is 7.44. The number of hydrogen-bond donors (Lipinski definition) is 1. The zero-order chi connectivity index (χ0) is 13.7. The van der Waals surface area contributed by atoms with Crippen molar-refractivity contribution in [3.63, 3.8) is 0 Å². The molecule has 0 aromatic heterocycles. The first-order valence-electron chi connectivity index (χ1n) is 7.72. The van der Waals surface area contributed by atoms with Gasteiger partial charge in [-0.3, -0.25) is 0 Å². The first-order valence-corrected chi connectivity index (χ1v) is 8.52. The molecule has 1 aliphatic rings. The minimum absolute atomic E-state index is 0.419. The Balaban J connectivity index is 1.99. The van der Waals surface area contributed by atoms with Crippen molar-refractivity contribution in [2.24, 2.45) is 5.92 Å². The number of nitrogens with one attached hydrogen (secondary N) is 1. The molecule has 1 aromatic carbocycles. The van der Waals surface area contributed by atoms with Crippen LogP contribution in [-0.2, 0) is 0 Å². The van der Waals surface area contributed by atoms with E-state index in [1.165, 1.54) is 48.6 Å². The Morgan fingerprint density at radius 3 is 2.53 bits per heavy atom. The van der Waals surface area contributed by atoms with Crippen molar-refractivity contribution in [2.75, 3.05) is 0 Å². The van der Waals surface area contributed by atoms with Crippen molar-refractivity contribution in [2.45, 2.75) is 64.5 Å². The van der Waals surface area contributed by atoms with Crippen LogP contribution in [0.5, 0.6) is 0 Å². The Hall–Kier alpha value is -0.340. The number of benzene rings is 1. The molecule has 0 bridgehead atoms. The van der Waals surface area contributed by atoms with Gasteiger partial charge in [0.15, 0.2) is 0 Å². The zero-order valence-electron chi connectivity index (χ0n) is 12.2. The molecule has 0 heterocycles. The zero-order valence-corrected chi connectivity index (χ0v) is 13.7. The monoisotopic (exact) mass is 323 g/mol. The van der Waals surface area contributed by atoms with Crippen molar-refractivity contribution in [3.8, 4) is 0 Å². The molecule has 1 fully saturated rings. The third-order valence-corrected chi connectivity index (χ3v) is 5.22. The van der Waals surface area contributed by atoms with Crippen LogP contribution < -0.4 is 5.32 Å². The summed E-state index contributed by atoms with van der Waals surface area (Å²) in [5.41, 5.74) is 1.37. The Labute approximate surface area is 126 Å². The third kappa shape index (κ3) is 4.06. The highest BCUT2D eigenvalue weighted by molar-refractivity contribution is 9.10. The van der Waals surface area contributed by atoms with E-state index in [1.54, 1.807) is 0 Å². The number of hydrogen-bond acceptors (Lipinski definition) is 1. The van der Waals surface area contributed by atoms with Gasteiger partial charge >= 0.3 is 0 Å². The fourth-order valence-corrected chi connectivity index (χ4v) is 3.99. The van der Waals surface area contributed by atoms with Gasteiger partial charge in [-0.2, -0.15) is 0 Å². The van der Waals surface area contributed by atoms with Crippen LogP contribution in [0.1, 0.15) is 64.0 Å². The molecular formula is C17H26BrN. The molecule has 1 aliphatic carbocycles. The smallest absolute Gasteiger partial charge is 0.0305 e. The lowest BCUT2D eigenvalue weighted by atomic mass is 9.82. The van der Waals surface area contributed by atoms with Crippen molar-refractivity contribution in [3.05, 3.63) is 34.3 Å². The van der Waals surface area contributed by atoms with Gasteiger partial charge in [-0.25, -0.2) is 0 Å². The van der Waals surface area contributed by atoms with Gasteiger partial charge in [0.1, 0.15) is 0 Å². The molecule has 1 nitrogen and oxygen atoms in total. The van der Waals surface area contributed by atoms with E-state index in [1.807, 2.05) is 0 Å². The second-order valence-corrected chi connectivity index (χ2v) is 6.68. The average Bonchev–Trinajstić information content (AvgIpc) is 2.46. The van der Waals surface area contributed by atoms with Gasteiger partial charge in [-0.15, -0.1) is 0 Å². The number of halogens is 1. The van der Waals surface area contributed by atoms with E-state index in [0.29, 0.717) is 12.1 Å². The van der Waals surface area contributed by atoms with E-state index < -0.39 is 0 Å². The lowest BCUT2D eigenvalue weighted by molar-refractivity contribution is 0.249. The summed E-state index contributed by atoms with van der Waals surface area (Å²) in [6.45, 7) is 4.60. The molecule has 0 spiro atoms. The largest absolute Gasteiger partial charge is 0.307 e. The Morgan fingerprint density at radius 1 is 1.21 bits per heavy atom. The molecule has 1 saturated carbocycles. The summed E-state index contributed by atoms with van der Waals surface area (Å²) in [6, 6.07) is 9.65. The minimum Gasteiger partial charge on any atom is -0.307 e. The highest BCUT2D eigenvalue weighted by Gasteiger charge is 2.24. The first-order chi connectivity index (χ1) is 9.22. The highest BCUT2D eigenvalue weighted by atomic mass is 79.9.